The molecule has 0 atom stereocenters. The van der Waals surface area contributed by atoms with Crippen LogP contribution in [-0.2, 0) is 19.1 Å². The first-order valence-electron chi connectivity index (χ1n) is 6.05. The number of carbonyl (C=O) groups excluding carboxylic acids is 2. The van der Waals surface area contributed by atoms with E-state index in [4.69, 9.17) is 9.47 Å². The van der Waals surface area contributed by atoms with Crippen LogP contribution < -0.4 is 0 Å². The summed E-state index contributed by atoms with van der Waals surface area (Å²) >= 11 is 0. The van der Waals surface area contributed by atoms with Crippen molar-refractivity contribution in [3.05, 3.63) is 0 Å². The Morgan fingerprint density at radius 2 is 1.11 bits per heavy atom. The molecule has 6 heteroatoms. The summed E-state index contributed by atoms with van der Waals surface area (Å²) in [5, 5.41) is 0. The first-order valence-corrected chi connectivity index (χ1v) is 6.05. The summed E-state index contributed by atoms with van der Waals surface area (Å²) in [4.78, 5) is 25.3. The van der Waals surface area contributed by atoms with E-state index in [1.807, 2.05) is 14.1 Å². The molecule has 0 radical (unpaired) electrons. The second-order valence-electron chi connectivity index (χ2n) is 4.29. The Labute approximate surface area is 109 Å². The predicted octanol–water partition coefficient (Wildman–Crippen LogP) is -0.0238. The van der Waals surface area contributed by atoms with Gasteiger partial charge in [-0.05, 0) is 14.1 Å². The molecule has 0 bridgehead atoms. The van der Waals surface area contributed by atoms with Crippen LogP contribution in [0.3, 0.4) is 0 Å². The first kappa shape index (κ1) is 16.9. The lowest BCUT2D eigenvalue weighted by Gasteiger charge is -2.21. The summed E-state index contributed by atoms with van der Waals surface area (Å²) in [5.41, 5.74) is 0. The van der Waals surface area contributed by atoms with Gasteiger partial charge in [-0.2, -0.15) is 0 Å². The second kappa shape index (κ2) is 9.85. The molecular weight excluding hydrogens is 236 g/mol. The molecule has 0 aromatic carbocycles. The number of likely N-dealkylation sites (N-methyl/N-ethyl adjacent to an activating group) is 2. The van der Waals surface area contributed by atoms with E-state index >= 15 is 0 Å². The number of ether oxygens (including phenoxy) is 2. The van der Waals surface area contributed by atoms with E-state index in [1.165, 1.54) is 13.8 Å². The summed E-state index contributed by atoms with van der Waals surface area (Å²) in [6.07, 6.45) is 0. The normalized spacial score (nSPS) is 10.8. The van der Waals surface area contributed by atoms with E-state index in [2.05, 4.69) is 9.80 Å². The Hall–Kier alpha value is -1.14. The highest BCUT2D eigenvalue weighted by Crippen LogP contribution is 1.89. The number of hydrogen-bond donors (Lipinski definition) is 0. The third-order valence-corrected chi connectivity index (χ3v) is 2.42. The average molecular weight is 260 g/mol. The van der Waals surface area contributed by atoms with E-state index in [-0.39, 0.29) is 11.9 Å². The van der Waals surface area contributed by atoms with Gasteiger partial charge < -0.3 is 19.3 Å². The highest BCUT2D eigenvalue weighted by atomic mass is 16.5. The lowest BCUT2D eigenvalue weighted by molar-refractivity contribution is -0.142. The van der Waals surface area contributed by atoms with Gasteiger partial charge in [0.05, 0.1) is 0 Å². The molecular formula is C12H24N2O4. The van der Waals surface area contributed by atoms with Crippen molar-refractivity contribution in [2.45, 2.75) is 13.8 Å². The molecule has 0 aromatic rings. The molecule has 106 valence electrons. The van der Waals surface area contributed by atoms with E-state index < -0.39 is 0 Å². The van der Waals surface area contributed by atoms with Gasteiger partial charge in [-0.15, -0.1) is 0 Å². The van der Waals surface area contributed by atoms with Crippen LogP contribution in [0.5, 0.6) is 0 Å². The SMILES string of the molecule is CC(=O)OCCN(C)CCN(C)CCOC(C)=O. The minimum atomic E-state index is -0.248. The average Bonchev–Trinajstić information content (AvgIpc) is 2.25. The van der Waals surface area contributed by atoms with Crippen molar-refractivity contribution in [2.75, 3.05) is 53.5 Å². The fourth-order valence-corrected chi connectivity index (χ4v) is 1.26. The molecule has 0 spiro atoms. The monoisotopic (exact) mass is 260 g/mol. The summed E-state index contributed by atoms with van der Waals surface area (Å²) in [6.45, 7) is 6.84. The van der Waals surface area contributed by atoms with Crippen molar-refractivity contribution in [1.82, 2.24) is 9.80 Å². The van der Waals surface area contributed by atoms with E-state index in [0.29, 0.717) is 13.2 Å². The van der Waals surface area contributed by atoms with Crippen LogP contribution in [0.1, 0.15) is 13.8 Å². The Bertz CT molecular complexity index is 232. The molecule has 0 N–H and O–H groups in total. The molecule has 0 aliphatic heterocycles. The van der Waals surface area contributed by atoms with Crippen molar-refractivity contribution >= 4 is 11.9 Å². The van der Waals surface area contributed by atoms with Crippen LogP contribution in [0.4, 0.5) is 0 Å². The molecule has 18 heavy (non-hydrogen) atoms. The van der Waals surface area contributed by atoms with E-state index in [0.717, 1.165) is 26.2 Å². The third-order valence-electron chi connectivity index (χ3n) is 2.42. The van der Waals surface area contributed by atoms with Gasteiger partial charge in [-0.1, -0.05) is 0 Å². The van der Waals surface area contributed by atoms with Crippen LogP contribution in [0.25, 0.3) is 0 Å². The first-order chi connectivity index (χ1) is 8.41. The van der Waals surface area contributed by atoms with E-state index in [9.17, 15) is 9.59 Å². The number of hydrogen-bond acceptors (Lipinski definition) is 6. The summed E-state index contributed by atoms with van der Waals surface area (Å²) in [7, 11) is 3.95. The second-order valence-corrected chi connectivity index (χ2v) is 4.29. The van der Waals surface area contributed by atoms with Crippen molar-refractivity contribution in [3.63, 3.8) is 0 Å². The van der Waals surface area contributed by atoms with Crippen molar-refractivity contribution in [3.8, 4) is 0 Å². The fourth-order valence-electron chi connectivity index (χ4n) is 1.26. The molecule has 6 nitrogen and oxygen atoms in total. The largest absolute Gasteiger partial charge is 0.465 e. The maximum Gasteiger partial charge on any atom is 0.302 e. The van der Waals surface area contributed by atoms with Gasteiger partial charge in [0.2, 0.25) is 0 Å². The Morgan fingerprint density at radius 1 is 0.778 bits per heavy atom. The van der Waals surface area contributed by atoms with Crippen molar-refractivity contribution in [1.29, 1.82) is 0 Å². The Morgan fingerprint density at radius 3 is 1.39 bits per heavy atom. The van der Waals surface area contributed by atoms with Gasteiger partial charge >= 0.3 is 11.9 Å². The van der Waals surface area contributed by atoms with E-state index in [1.54, 1.807) is 0 Å². The molecule has 0 heterocycles. The van der Waals surface area contributed by atoms with Crippen LogP contribution in [0, 0.1) is 0 Å². The van der Waals surface area contributed by atoms with Crippen molar-refractivity contribution < 1.29 is 19.1 Å². The van der Waals surface area contributed by atoms with Gasteiger partial charge in [-0.3, -0.25) is 9.59 Å². The minimum Gasteiger partial charge on any atom is -0.465 e. The summed E-state index contributed by atoms with van der Waals surface area (Å²) in [5.74, 6) is -0.496. The molecule has 0 fully saturated rings. The molecule has 0 aliphatic rings. The smallest absolute Gasteiger partial charge is 0.302 e. The maximum absolute atomic E-state index is 10.6. The third kappa shape index (κ3) is 11.3. The number of carbonyl (C=O) groups is 2. The summed E-state index contributed by atoms with van der Waals surface area (Å²) < 4.78 is 9.72. The highest BCUT2D eigenvalue weighted by molar-refractivity contribution is 5.66. The lowest BCUT2D eigenvalue weighted by Crippen LogP contribution is -2.34. The zero-order chi connectivity index (χ0) is 14.0. The number of rotatable bonds is 9. The van der Waals surface area contributed by atoms with Crippen LogP contribution in [0.15, 0.2) is 0 Å². The molecule has 0 rings (SSSR count). The zero-order valence-electron chi connectivity index (χ0n) is 11.8. The van der Waals surface area contributed by atoms with Gasteiger partial charge in [0.25, 0.3) is 0 Å². The van der Waals surface area contributed by atoms with Gasteiger partial charge in [0.1, 0.15) is 13.2 Å². The molecule has 0 saturated heterocycles. The standard InChI is InChI=1S/C12H24N2O4/c1-11(15)17-9-7-13(3)5-6-14(4)8-10-18-12(2)16/h5-10H2,1-4H3. The molecule has 0 saturated carbocycles. The van der Waals surface area contributed by atoms with Gasteiger partial charge in [-0.25, -0.2) is 0 Å². The fraction of sp³-hybridized carbons (Fsp3) is 0.833. The molecule has 0 amide bonds. The Balaban J connectivity index is 3.49. The van der Waals surface area contributed by atoms with Crippen LogP contribution >= 0.6 is 0 Å². The Kier molecular flexibility index (Phi) is 9.22. The predicted molar refractivity (Wildman–Crippen MR) is 68.3 cm³/mol. The van der Waals surface area contributed by atoms with Crippen molar-refractivity contribution in [2.24, 2.45) is 0 Å². The number of esters is 2. The zero-order valence-corrected chi connectivity index (χ0v) is 11.8. The minimum absolute atomic E-state index is 0.248. The van der Waals surface area contributed by atoms with Crippen LogP contribution in [0.2, 0.25) is 0 Å². The quantitative estimate of drug-likeness (QED) is 0.543. The van der Waals surface area contributed by atoms with Gasteiger partial charge in [0, 0.05) is 40.0 Å². The van der Waals surface area contributed by atoms with Gasteiger partial charge in [0.15, 0.2) is 0 Å². The summed E-state index contributed by atoms with van der Waals surface area (Å²) in [6, 6.07) is 0. The van der Waals surface area contributed by atoms with Crippen LogP contribution in [-0.4, -0.2) is 75.2 Å². The molecule has 0 aliphatic carbocycles. The maximum atomic E-state index is 10.6. The topological polar surface area (TPSA) is 59.1 Å². The molecule has 0 aromatic heterocycles. The number of nitrogens with zero attached hydrogens (tertiary/aromatic N) is 2. The highest BCUT2D eigenvalue weighted by Gasteiger charge is 2.03. The molecule has 0 unspecified atom stereocenters. The lowest BCUT2D eigenvalue weighted by atomic mass is 10.4.